The highest BCUT2D eigenvalue weighted by Gasteiger charge is 1.96. The number of nitrogens with one attached hydrogen (secondary N) is 2. The van der Waals surface area contributed by atoms with Gasteiger partial charge in [-0.15, -0.1) is 5.10 Å². The SMILES string of the molecule is S=c1[nH]nc(NCc2cccnc2)s1. The summed E-state index contributed by atoms with van der Waals surface area (Å²) >= 11 is 6.34. The van der Waals surface area contributed by atoms with Crippen LogP contribution >= 0.6 is 23.6 Å². The molecule has 2 aromatic heterocycles. The van der Waals surface area contributed by atoms with E-state index >= 15 is 0 Å². The van der Waals surface area contributed by atoms with Gasteiger partial charge in [0.25, 0.3) is 0 Å². The smallest absolute Gasteiger partial charge is 0.204 e. The summed E-state index contributed by atoms with van der Waals surface area (Å²) < 4.78 is 0.679. The highest BCUT2D eigenvalue weighted by Crippen LogP contribution is 2.11. The molecule has 0 atom stereocenters. The van der Waals surface area contributed by atoms with Crippen molar-refractivity contribution in [3.63, 3.8) is 0 Å². The molecule has 0 unspecified atom stereocenters. The van der Waals surface area contributed by atoms with Gasteiger partial charge in [-0.05, 0) is 23.8 Å². The number of aromatic nitrogens is 3. The van der Waals surface area contributed by atoms with Crippen LogP contribution in [0.25, 0.3) is 0 Å². The maximum absolute atomic E-state index is 4.91. The van der Waals surface area contributed by atoms with Crippen molar-refractivity contribution in [2.75, 3.05) is 5.32 Å². The van der Waals surface area contributed by atoms with E-state index in [9.17, 15) is 0 Å². The molecule has 0 saturated heterocycles. The molecular weight excluding hydrogens is 216 g/mol. The second kappa shape index (κ2) is 4.30. The maximum atomic E-state index is 4.91. The molecule has 0 spiro atoms. The van der Waals surface area contributed by atoms with Gasteiger partial charge >= 0.3 is 0 Å². The van der Waals surface area contributed by atoms with E-state index < -0.39 is 0 Å². The normalized spacial score (nSPS) is 10.0. The van der Waals surface area contributed by atoms with E-state index in [1.165, 1.54) is 11.3 Å². The molecule has 6 heteroatoms. The third kappa shape index (κ3) is 2.36. The Morgan fingerprint density at radius 1 is 1.57 bits per heavy atom. The van der Waals surface area contributed by atoms with Crippen molar-refractivity contribution in [3.8, 4) is 0 Å². The molecular formula is C8H8N4S2. The third-order valence-corrected chi connectivity index (χ3v) is 2.65. The van der Waals surface area contributed by atoms with E-state index in [4.69, 9.17) is 12.2 Å². The van der Waals surface area contributed by atoms with Gasteiger partial charge in [0.15, 0.2) is 3.95 Å². The molecule has 4 nitrogen and oxygen atoms in total. The van der Waals surface area contributed by atoms with Crippen molar-refractivity contribution in [1.29, 1.82) is 0 Å². The van der Waals surface area contributed by atoms with Gasteiger partial charge in [-0.3, -0.25) is 10.1 Å². The van der Waals surface area contributed by atoms with Gasteiger partial charge in [0, 0.05) is 18.9 Å². The number of hydrogen-bond acceptors (Lipinski definition) is 5. The van der Waals surface area contributed by atoms with E-state index in [0.29, 0.717) is 10.5 Å². The van der Waals surface area contributed by atoms with Crippen molar-refractivity contribution in [3.05, 3.63) is 34.0 Å². The van der Waals surface area contributed by atoms with Crippen LogP contribution in [0, 0.1) is 3.95 Å². The molecule has 0 aliphatic rings. The number of rotatable bonds is 3. The highest BCUT2D eigenvalue weighted by molar-refractivity contribution is 7.73. The number of H-pyrrole nitrogens is 1. The van der Waals surface area contributed by atoms with Crippen LogP contribution in [0.1, 0.15) is 5.56 Å². The standard InChI is InChI=1S/C8H8N4S2/c13-8-12-11-7(14-8)10-5-6-2-1-3-9-4-6/h1-4H,5H2,(H,10,11)(H,12,13). The van der Waals surface area contributed by atoms with Gasteiger partial charge in [-0.2, -0.15) is 0 Å². The van der Waals surface area contributed by atoms with Crippen molar-refractivity contribution >= 4 is 28.7 Å². The molecule has 0 fully saturated rings. The van der Waals surface area contributed by atoms with Crippen LogP contribution in [0.3, 0.4) is 0 Å². The van der Waals surface area contributed by atoms with E-state index in [1.54, 1.807) is 6.20 Å². The van der Waals surface area contributed by atoms with E-state index in [1.807, 2.05) is 18.3 Å². The molecule has 72 valence electrons. The van der Waals surface area contributed by atoms with Crippen molar-refractivity contribution < 1.29 is 0 Å². The zero-order valence-electron chi connectivity index (χ0n) is 7.23. The summed E-state index contributed by atoms with van der Waals surface area (Å²) in [5, 5.41) is 10.7. The number of aromatic amines is 1. The molecule has 0 aliphatic heterocycles. The molecule has 2 N–H and O–H groups in total. The Labute approximate surface area is 90.0 Å². The fourth-order valence-electron chi connectivity index (χ4n) is 0.986. The average Bonchev–Trinajstić information content (AvgIpc) is 2.63. The van der Waals surface area contributed by atoms with Crippen molar-refractivity contribution in [2.45, 2.75) is 6.54 Å². The Morgan fingerprint density at radius 3 is 3.14 bits per heavy atom. The second-order valence-corrected chi connectivity index (χ2v) is 4.30. The highest BCUT2D eigenvalue weighted by atomic mass is 32.1. The minimum Gasteiger partial charge on any atom is -0.356 e. The zero-order chi connectivity index (χ0) is 9.80. The lowest BCUT2D eigenvalue weighted by Crippen LogP contribution is -1.98. The molecule has 0 saturated carbocycles. The molecule has 0 aliphatic carbocycles. The van der Waals surface area contributed by atoms with Crippen molar-refractivity contribution in [1.82, 2.24) is 15.2 Å². The van der Waals surface area contributed by atoms with E-state index in [0.717, 1.165) is 10.7 Å². The quantitative estimate of drug-likeness (QED) is 0.785. The first-order chi connectivity index (χ1) is 6.84. The molecule has 0 bridgehead atoms. The Bertz CT molecular complexity index is 448. The summed E-state index contributed by atoms with van der Waals surface area (Å²) in [6.07, 6.45) is 3.57. The minimum atomic E-state index is 0.679. The third-order valence-electron chi connectivity index (χ3n) is 1.60. The number of anilines is 1. The Morgan fingerprint density at radius 2 is 2.50 bits per heavy atom. The summed E-state index contributed by atoms with van der Waals surface area (Å²) in [4.78, 5) is 4.02. The van der Waals surface area contributed by atoms with Gasteiger partial charge in [-0.1, -0.05) is 17.4 Å². The van der Waals surface area contributed by atoms with E-state index in [-0.39, 0.29) is 0 Å². The largest absolute Gasteiger partial charge is 0.356 e. The van der Waals surface area contributed by atoms with Crippen LogP contribution in [0.4, 0.5) is 5.13 Å². The van der Waals surface area contributed by atoms with Crippen LogP contribution in [-0.2, 0) is 6.54 Å². The van der Waals surface area contributed by atoms with Crippen LogP contribution in [0.5, 0.6) is 0 Å². The zero-order valence-corrected chi connectivity index (χ0v) is 8.86. The second-order valence-electron chi connectivity index (χ2n) is 2.63. The van der Waals surface area contributed by atoms with E-state index in [2.05, 4.69) is 20.5 Å². The topological polar surface area (TPSA) is 53.6 Å². The lowest BCUT2D eigenvalue weighted by atomic mass is 10.3. The lowest BCUT2D eigenvalue weighted by molar-refractivity contribution is 1.04. The molecule has 0 amide bonds. The molecule has 2 heterocycles. The van der Waals surface area contributed by atoms with Crippen molar-refractivity contribution in [2.24, 2.45) is 0 Å². The van der Waals surface area contributed by atoms with Crippen LogP contribution in [-0.4, -0.2) is 15.2 Å². The summed E-state index contributed by atoms with van der Waals surface area (Å²) in [5.74, 6) is 0. The van der Waals surface area contributed by atoms with Gasteiger partial charge in [0.1, 0.15) is 0 Å². The Hall–Kier alpha value is -1.27. The first-order valence-corrected chi connectivity index (χ1v) is 5.25. The first-order valence-electron chi connectivity index (χ1n) is 4.03. The molecule has 0 radical (unpaired) electrons. The maximum Gasteiger partial charge on any atom is 0.204 e. The predicted octanol–water partition coefficient (Wildman–Crippen LogP) is 2.21. The van der Waals surface area contributed by atoms with Gasteiger partial charge in [0.05, 0.1) is 0 Å². The van der Waals surface area contributed by atoms with Crippen LogP contribution < -0.4 is 5.32 Å². The average molecular weight is 224 g/mol. The van der Waals surface area contributed by atoms with Crippen LogP contribution in [0.15, 0.2) is 24.5 Å². The number of nitrogens with zero attached hydrogens (tertiary/aromatic N) is 2. The summed E-state index contributed by atoms with van der Waals surface area (Å²) in [7, 11) is 0. The summed E-state index contributed by atoms with van der Waals surface area (Å²) in [6.45, 7) is 0.712. The lowest BCUT2D eigenvalue weighted by Gasteiger charge is -2.00. The Balaban J connectivity index is 1.98. The fraction of sp³-hybridized carbons (Fsp3) is 0.125. The van der Waals surface area contributed by atoms with Gasteiger partial charge in [0.2, 0.25) is 5.13 Å². The molecule has 2 aromatic rings. The first kappa shape index (κ1) is 9.29. The van der Waals surface area contributed by atoms with Gasteiger partial charge in [-0.25, -0.2) is 0 Å². The predicted molar refractivity (Wildman–Crippen MR) is 58.9 cm³/mol. The Kier molecular flexibility index (Phi) is 2.85. The summed E-state index contributed by atoms with van der Waals surface area (Å²) in [5.41, 5.74) is 1.12. The van der Waals surface area contributed by atoms with Gasteiger partial charge < -0.3 is 5.32 Å². The fourth-order valence-corrected chi connectivity index (χ4v) is 1.77. The summed E-state index contributed by atoms with van der Waals surface area (Å²) in [6, 6.07) is 3.91. The van der Waals surface area contributed by atoms with Crippen LogP contribution in [0.2, 0.25) is 0 Å². The molecule has 14 heavy (non-hydrogen) atoms. The molecule has 0 aromatic carbocycles. The monoisotopic (exact) mass is 224 g/mol. The minimum absolute atomic E-state index is 0.679. The number of hydrogen-bond donors (Lipinski definition) is 2. The molecule has 2 rings (SSSR count). The number of pyridine rings is 1.